The molecule has 176 valence electrons. The SMILES string of the molecule is COc1cc(NC(=O)CCCn2nnc3cc(S(=O)(=O)N4CCCC4)ccc32)cc(OC)c1. The third kappa shape index (κ3) is 5.09. The number of methoxy groups -OCH3 is 2. The Labute approximate surface area is 192 Å². The van der Waals surface area contributed by atoms with Crippen molar-refractivity contribution in [3.8, 4) is 11.5 Å². The summed E-state index contributed by atoms with van der Waals surface area (Å²) in [5, 5.41) is 11.1. The fourth-order valence-corrected chi connectivity index (χ4v) is 5.39. The Morgan fingerprint density at radius 1 is 1.06 bits per heavy atom. The van der Waals surface area contributed by atoms with Gasteiger partial charge in [0, 0.05) is 49.9 Å². The molecule has 1 fully saturated rings. The molecular formula is C22H27N5O5S. The van der Waals surface area contributed by atoms with Gasteiger partial charge >= 0.3 is 0 Å². The topological polar surface area (TPSA) is 116 Å². The number of anilines is 1. The van der Waals surface area contributed by atoms with Crippen LogP contribution >= 0.6 is 0 Å². The Kier molecular flexibility index (Phi) is 6.80. The molecule has 1 aromatic heterocycles. The lowest BCUT2D eigenvalue weighted by atomic mass is 10.2. The number of carbonyl (C=O) groups is 1. The van der Waals surface area contributed by atoms with Crippen molar-refractivity contribution < 1.29 is 22.7 Å². The molecule has 1 saturated heterocycles. The maximum absolute atomic E-state index is 12.8. The second-order valence-electron chi connectivity index (χ2n) is 7.83. The number of rotatable bonds is 9. The summed E-state index contributed by atoms with van der Waals surface area (Å²) in [4.78, 5) is 12.6. The van der Waals surface area contributed by atoms with E-state index in [-0.39, 0.29) is 17.2 Å². The van der Waals surface area contributed by atoms with Gasteiger partial charge in [-0.05, 0) is 37.5 Å². The number of amides is 1. The molecule has 0 radical (unpaired) electrons. The summed E-state index contributed by atoms with van der Waals surface area (Å²) >= 11 is 0. The third-order valence-corrected chi connectivity index (χ3v) is 7.49. The van der Waals surface area contributed by atoms with Gasteiger partial charge < -0.3 is 14.8 Å². The summed E-state index contributed by atoms with van der Waals surface area (Å²) in [7, 11) is -0.405. The summed E-state index contributed by atoms with van der Waals surface area (Å²) in [5.74, 6) is 1.03. The lowest BCUT2D eigenvalue weighted by Crippen LogP contribution is -2.27. The molecule has 1 aliphatic rings. The number of aryl methyl sites for hydroxylation is 1. The molecule has 2 heterocycles. The molecule has 1 amide bonds. The zero-order valence-corrected chi connectivity index (χ0v) is 19.5. The maximum Gasteiger partial charge on any atom is 0.243 e. The van der Waals surface area contributed by atoms with E-state index in [0.717, 1.165) is 18.4 Å². The van der Waals surface area contributed by atoms with Gasteiger partial charge in [-0.2, -0.15) is 4.31 Å². The molecule has 10 nitrogen and oxygen atoms in total. The van der Waals surface area contributed by atoms with Gasteiger partial charge in [0.05, 0.1) is 24.6 Å². The number of hydrogen-bond donors (Lipinski definition) is 1. The number of aromatic nitrogens is 3. The highest BCUT2D eigenvalue weighted by Crippen LogP contribution is 2.26. The maximum atomic E-state index is 12.8. The predicted molar refractivity (Wildman–Crippen MR) is 123 cm³/mol. The van der Waals surface area contributed by atoms with E-state index >= 15 is 0 Å². The molecule has 0 saturated carbocycles. The van der Waals surface area contributed by atoms with E-state index in [1.54, 1.807) is 55.3 Å². The summed E-state index contributed by atoms with van der Waals surface area (Å²) < 4.78 is 39.2. The Bertz CT molecular complexity index is 1230. The highest BCUT2D eigenvalue weighted by atomic mass is 32.2. The molecule has 0 atom stereocenters. The standard InChI is InChI=1S/C22H27N5O5S/c1-31-17-12-16(13-18(14-17)32-2)23-22(28)6-5-11-27-21-8-7-19(15-20(21)24-25-27)33(29,30)26-9-3-4-10-26/h7-8,12-15H,3-6,9-11H2,1-2H3,(H,23,28). The molecule has 1 N–H and O–H groups in total. The van der Waals surface area contributed by atoms with E-state index in [1.165, 1.54) is 4.31 Å². The molecule has 3 aromatic rings. The Morgan fingerprint density at radius 2 is 1.76 bits per heavy atom. The molecule has 4 rings (SSSR count). The van der Waals surface area contributed by atoms with Crippen molar-refractivity contribution in [2.75, 3.05) is 32.6 Å². The van der Waals surface area contributed by atoms with Gasteiger partial charge in [-0.15, -0.1) is 5.10 Å². The molecule has 1 aliphatic heterocycles. The van der Waals surface area contributed by atoms with E-state index in [2.05, 4.69) is 15.6 Å². The largest absolute Gasteiger partial charge is 0.497 e. The first-order valence-electron chi connectivity index (χ1n) is 10.8. The number of nitrogens with one attached hydrogen (secondary N) is 1. The van der Waals surface area contributed by atoms with Crippen molar-refractivity contribution in [2.24, 2.45) is 0 Å². The second kappa shape index (κ2) is 9.75. The minimum atomic E-state index is -3.50. The average molecular weight is 474 g/mol. The van der Waals surface area contributed by atoms with Crippen LogP contribution in [0.25, 0.3) is 11.0 Å². The van der Waals surface area contributed by atoms with Crippen LogP contribution < -0.4 is 14.8 Å². The number of sulfonamides is 1. The van der Waals surface area contributed by atoms with Crippen molar-refractivity contribution in [3.05, 3.63) is 36.4 Å². The summed E-state index contributed by atoms with van der Waals surface area (Å²) in [5.41, 5.74) is 1.84. The van der Waals surface area contributed by atoms with Gasteiger partial charge in [-0.3, -0.25) is 4.79 Å². The molecular weight excluding hydrogens is 446 g/mol. The number of ether oxygens (including phenoxy) is 2. The zero-order valence-electron chi connectivity index (χ0n) is 18.7. The van der Waals surface area contributed by atoms with Gasteiger partial charge in [0.15, 0.2) is 0 Å². The normalized spacial score (nSPS) is 14.5. The molecule has 2 aromatic carbocycles. The highest BCUT2D eigenvalue weighted by Gasteiger charge is 2.27. The number of hydrogen-bond acceptors (Lipinski definition) is 7. The second-order valence-corrected chi connectivity index (χ2v) is 9.77. The highest BCUT2D eigenvalue weighted by molar-refractivity contribution is 7.89. The van der Waals surface area contributed by atoms with Crippen LogP contribution in [0, 0.1) is 0 Å². The van der Waals surface area contributed by atoms with Crippen LogP contribution in [0.2, 0.25) is 0 Å². The monoisotopic (exact) mass is 473 g/mol. The zero-order chi connectivity index (χ0) is 23.4. The van der Waals surface area contributed by atoms with Crippen LogP contribution in [0.1, 0.15) is 25.7 Å². The van der Waals surface area contributed by atoms with Gasteiger partial charge in [0.1, 0.15) is 17.0 Å². The molecule has 0 spiro atoms. The van der Waals surface area contributed by atoms with E-state index in [4.69, 9.17) is 9.47 Å². The molecule has 0 unspecified atom stereocenters. The summed E-state index contributed by atoms with van der Waals surface area (Å²) in [6.45, 7) is 1.58. The van der Waals surface area contributed by atoms with Crippen LogP contribution in [-0.2, 0) is 21.4 Å². The summed E-state index contributed by atoms with van der Waals surface area (Å²) in [6.07, 6.45) is 2.59. The smallest absolute Gasteiger partial charge is 0.243 e. The van der Waals surface area contributed by atoms with Gasteiger partial charge in [-0.25, -0.2) is 13.1 Å². The van der Waals surface area contributed by atoms with Crippen LogP contribution in [0.4, 0.5) is 5.69 Å². The number of benzene rings is 2. The number of fused-ring (bicyclic) bond motifs is 1. The van der Waals surface area contributed by atoms with E-state index in [9.17, 15) is 13.2 Å². The van der Waals surface area contributed by atoms with Gasteiger partial charge in [0.2, 0.25) is 15.9 Å². The van der Waals surface area contributed by atoms with Crippen LogP contribution in [0.5, 0.6) is 11.5 Å². The van der Waals surface area contributed by atoms with Crippen LogP contribution in [0.3, 0.4) is 0 Å². The summed E-state index contributed by atoms with van der Waals surface area (Å²) in [6, 6.07) is 10.1. The Balaban J connectivity index is 1.37. The van der Waals surface area contributed by atoms with Gasteiger partial charge in [-0.1, -0.05) is 5.21 Å². The van der Waals surface area contributed by atoms with Crippen LogP contribution in [0.15, 0.2) is 41.3 Å². The van der Waals surface area contributed by atoms with Crippen molar-refractivity contribution in [3.63, 3.8) is 0 Å². The quantitative estimate of drug-likeness (QED) is 0.508. The Morgan fingerprint density at radius 3 is 2.42 bits per heavy atom. The van der Waals surface area contributed by atoms with Crippen molar-refractivity contribution in [1.82, 2.24) is 19.3 Å². The molecule has 11 heteroatoms. The fourth-order valence-electron chi connectivity index (χ4n) is 3.85. The molecule has 0 aliphatic carbocycles. The average Bonchev–Trinajstić information content (AvgIpc) is 3.49. The van der Waals surface area contributed by atoms with Gasteiger partial charge in [0.25, 0.3) is 0 Å². The van der Waals surface area contributed by atoms with Crippen molar-refractivity contribution >= 4 is 32.7 Å². The predicted octanol–water partition coefficient (Wildman–Crippen LogP) is 2.65. The third-order valence-electron chi connectivity index (χ3n) is 5.60. The Hall–Kier alpha value is -3.18. The molecule has 33 heavy (non-hydrogen) atoms. The molecule has 0 bridgehead atoms. The van der Waals surface area contributed by atoms with E-state index < -0.39 is 10.0 Å². The van der Waals surface area contributed by atoms with Crippen LogP contribution in [-0.4, -0.2) is 60.9 Å². The first-order valence-corrected chi connectivity index (χ1v) is 12.2. The minimum Gasteiger partial charge on any atom is -0.497 e. The van der Waals surface area contributed by atoms with Crippen molar-refractivity contribution in [1.29, 1.82) is 0 Å². The lowest BCUT2D eigenvalue weighted by Gasteiger charge is -2.15. The van der Waals surface area contributed by atoms with E-state index in [1.807, 2.05) is 0 Å². The number of nitrogens with zero attached hydrogens (tertiary/aromatic N) is 4. The number of carbonyl (C=O) groups excluding carboxylic acids is 1. The van der Waals surface area contributed by atoms with E-state index in [0.29, 0.717) is 48.8 Å². The van der Waals surface area contributed by atoms with Crippen molar-refractivity contribution in [2.45, 2.75) is 37.1 Å². The first-order chi connectivity index (χ1) is 15.9. The first kappa shape index (κ1) is 23.0. The lowest BCUT2D eigenvalue weighted by molar-refractivity contribution is -0.116. The minimum absolute atomic E-state index is 0.145. The fraction of sp³-hybridized carbons (Fsp3) is 0.409.